The molecule has 0 aliphatic heterocycles. The predicted octanol–water partition coefficient (Wildman–Crippen LogP) is 1.76. The van der Waals surface area contributed by atoms with Gasteiger partial charge in [0.15, 0.2) is 0 Å². The Labute approximate surface area is 120 Å². The van der Waals surface area contributed by atoms with Crippen LogP contribution in [0.1, 0.15) is 41.5 Å². The summed E-state index contributed by atoms with van der Waals surface area (Å²) in [6, 6.07) is 1.50. The summed E-state index contributed by atoms with van der Waals surface area (Å²) in [5, 5.41) is 0. The topological polar surface area (TPSA) is 51.5 Å². The number of esters is 1. The highest BCUT2D eigenvalue weighted by molar-refractivity contribution is 5.92. The molecule has 0 saturated carbocycles. The van der Waals surface area contributed by atoms with Crippen LogP contribution in [0.25, 0.3) is 0 Å². The first kappa shape index (κ1) is 16.4. The molecule has 0 spiro atoms. The molecule has 1 rings (SSSR count). The summed E-state index contributed by atoms with van der Waals surface area (Å²) in [7, 11) is 3.91. The third-order valence-electron chi connectivity index (χ3n) is 3.24. The fraction of sp³-hybridized carbons (Fsp3) is 0.600. The fourth-order valence-corrected chi connectivity index (χ4v) is 2.57. The number of aromatic nitrogens is 1. The molecule has 0 N–H and O–H groups in total. The van der Waals surface area contributed by atoms with E-state index in [1.807, 2.05) is 25.9 Å². The van der Waals surface area contributed by atoms with Crippen molar-refractivity contribution in [3.63, 3.8) is 0 Å². The molecule has 1 aromatic heterocycles. The van der Waals surface area contributed by atoms with Crippen molar-refractivity contribution in [1.29, 1.82) is 0 Å². The third kappa shape index (κ3) is 3.48. The third-order valence-corrected chi connectivity index (χ3v) is 3.24. The lowest BCUT2D eigenvalue weighted by molar-refractivity contribution is 0.0523. The van der Waals surface area contributed by atoms with Crippen LogP contribution in [0.3, 0.4) is 0 Å². The Morgan fingerprint density at radius 3 is 2.50 bits per heavy atom. The lowest BCUT2D eigenvalue weighted by Crippen LogP contribution is -2.33. The molecule has 0 fully saturated rings. The number of carbonyl (C=O) groups excluding carboxylic acids is 1. The van der Waals surface area contributed by atoms with E-state index in [0.717, 1.165) is 6.54 Å². The Balaban J connectivity index is 3.36. The number of pyridine rings is 1. The Morgan fingerprint density at radius 1 is 1.40 bits per heavy atom. The minimum Gasteiger partial charge on any atom is -0.462 e. The highest BCUT2D eigenvalue weighted by Crippen LogP contribution is 2.16. The van der Waals surface area contributed by atoms with E-state index in [-0.39, 0.29) is 17.6 Å². The Morgan fingerprint density at radius 2 is 2.00 bits per heavy atom. The summed E-state index contributed by atoms with van der Waals surface area (Å²) in [5.74, 6) is -0.367. The molecule has 1 atom stereocenters. The fourth-order valence-electron chi connectivity index (χ4n) is 2.57. The quantitative estimate of drug-likeness (QED) is 0.771. The average Bonchev–Trinajstić information content (AvgIpc) is 2.26. The van der Waals surface area contributed by atoms with Gasteiger partial charge in [-0.3, -0.25) is 4.79 Å². The molecule has 0 radical (unpaired) electrons. The molecule has 20 heavy (non-hydrogen) atoms. The molecule has 0 bridgehead atoms. The van der Waals surface area contributed by atoms with E-state index in [2.05, 4.69) is 0 Å². The monoisotopic (exact) mass is 280 g/mol. The first-order valence-electron chi connectivity index (χ1n) is 6.84. The van der Waals surface area contributed by atoms with Crippen molar-refractivity contribution in [2.75, 3.05) is 27.2 Å². The van der Waals surface area contributed by atoms with E-state index in [1.165, 1.54) is 6.07 Å². The highest BCUT2D eigenvalue weighted by atomic mass is 16.5. The molecule has 0 amide bonds. The second kappa shape index (κ2) is 6.70. The lowest BCUT2D eigenvalue weighted by Gasteiger charge is -2.23. The van der Waals surface area contributed by atoms with Crippen molar-refractivity contribution in [2.45, 2.75) is 33.7 Å². The molecule has 0 aliphatic carbocycles. The van der Waals surface area contributed by atoms with E-state index < -0.39 is 0 Å². The van der Waals surface area contributed by atoms with E-state index in [4.69, 9.17) is 4.74 Å². The molecule has 1 heterocycles. The van der Waals surface area contributed by atoms with Crippen molar-refractivity contribution in [3.8, 4) is 0 Å². The summed E-state index contributed by atoms with van der Waals surface area (Å²) in [4.78, 5) is 26.3. The van der Waals surface area contributed by atoms with Gasteiger partial charge in [0.05, 0.1) is 12.2 Å². The van der Waals surface area contributed by atoms with Gasteiger partial charge in [0, 0.05) is 24.3 Å². The maximum atomic E-state index is 12.2. The summed E-state index contributed by atoms with van der Waals surface area (Å²) < 4.78 is 6.75. The van der Waals surface area contributed by atoms with Crippen molar-refractivity contribution >= 4 is 5.97 Å². The molecule has 0 saturated heterocycles. The molecule has 0 aliphatic rings. The summed E-state index contributed by atoms with van der Waals surface area (Å²) in [5.41, 5.74) is 1.75. The summed E-state index contributed by atoms with van der Waals surface area (Å²) in [6.45, 7) is 8.36. The number of ether oxygens (including phenoxy) is 1. The Hall–Kier alpha value is -1.62. The van der Waals surface area contributed by atoms with Crippen LogP contribution in [-0.2, 0) is 4.74 Å². The number of carbonyl (C=O) groups is 1. The van der Waals surface area contributed by atoms with Crippen molar-refractivity contribution in [2.24, 2.45) is 0 Å². The van der Waals surface area contributed by atoms with Gasteiger partial charge in [0.1, 0.15) is 0 Å². The first-order valence-corrected chi connectivity index (χ1v) is 6.84. The number of hydrogen-bond acceptors (Lipinski definition) is 4. The van der Waals surface area contributed by atoms with Crippen LogP contribution in [0.2, 0.25) is 0 Å². The predicted molar refractivity (Wildman–Crippen MR) is 79.4 cm³/mol. The second-order valence-corrected chi connectivity index (χ2v) is 5.33. The van der Waals surface area contributed by atoms with Gasteiger partial charge in [-0.25, -0.2) is 4.79 Å². The zero-order valence-corrected chi connectivity index (χ0v) is 13.2. The SMILES string of the molecule is CCOC(=O)c1c(C)cc(=O)n(C(C)CN(C)C)c1C. The minimum absolute atomic E-state index is 0.00808. The zero-order chi connectivity index (χ0) is 15.4. The van der Waals surface area contributed by atoms with E-state index in [1.54, 1.807) is 25.3 Å². The molecule has 1 unspecified atom stereocenters. The van der Waals surface area contributed by atoms with Crippen LogP contribution in [0.5, 0.6) is 0 Å². The standard InChI is InChI=1S/C15H24N2O3/c1-7-20-15(19)14-10(2)8-13(18)17(12(14)4)11(3)9-16(5)6/h8,11H,7,9H2,1-6H3. The normalized spacial score (nSPS) is 12.6. The van der Waals surface area contributed by atoms with E-state index >= 15 is 0 Å². The molecule has 5 nitrogen and oxygen atoms in total. The largest absolute Gasteiger partial charge is 0.462 e. The molecular formula is C15H24N2O3. The van der Waals surface area contributed by atoms with Gasteiger partial charge >= 0.3 is 5.97 Å². The maximum absolute atomic E-state index is 12.2. The van der Waals surface area contributed by atoms with Gasteiger partial charge in [0.25, 0.3) is 5.56 Å². The smallest absolute Gasteiger partial charge is 0.340 e. The van der Waals surface area contributed by atoms with Gasteiger partial charge in [-0.1, -0.05) is 0 Å². The minimum atomic E-state index is -0.367. The van der Waals surface area contributed by atoms with E-state index in [9.17, 15) is 9.59 Å². The number of likely N-dealkylation sites (N-methyl/N-ethyl adjacent to an activating group) is 1. The second-order valence-electron chi connectivity index (χ2n) is 5.33. The van der Waals surface area contributed by atoms with Crippen LogP contribution < -0.4 is 5.56 Å². The van der Waals surface area contributed by atoms with Gasteiger partial charge in [-0.15, -0.1) is 0 Å². The summed E-state index contributed by atoms with van der Waals surface area (Å²) >= 11 is 0. The van der Waals surface area contributed by atoms with Crippen LogP contribution in [-0.4, -0.2) is 42.7 Å². The number of aryl methyl sites for hydroxylation is 1. The van der Waals surface area contributed by atoms with Crippen LogP contribution in [0.15, 0.2) is 10.9 Å². The molecular weight excluding hydrogens is 256 g/mol. The number of nitrogens with zero attached hydrogens (tertiary/aromatic N) is 2. The first-order chi connectivity index (χ1) is 9.29. The van der Waals surface area contributed by atoms with Crippen LogP contribution in [0, 0.1) is 13.8 Å². The van der Waals surface area contributed by atoms with Gasteiger partial charge in [-0.2, -0.15) is 0 Å². The molecule has 0 aromatic carbocycles. The lowest BCUT2D eigenvalue weighted by atomic mass is 10.1. The highest BCUT2D eigenvalue weighted by Gasteiger charge is 2.20. The van der Waals surface area contributed by atoms with Gasteiger partial charge < -0.3 is 14.2 Å². The van der Waals surface area contributed by atoms with Crippen molar-refractivity contribution < 1.29 is 9.53 Å². The zero-order valence-electron chi connectivity index (χ0n) is 13.2. The number of hydrogen-bond donors (Lipinski definition) is 0. The van der Waals surface area contributed by atoms with E-state index in [0.29, 0.717) is 23.4 Å². The summed E-state index contributed by atoms with van der Waals surface area (Å²) in [6.07, 6.45) is 0. The number of rotatable bonds is 5. The Kier molecular flexibility index (Phi) is 5.51. The maximum Gasteiger partial charge on any atom is 0.340 e. The van der Waals surface area contributed by atoms with Gasteiger partial charge in [0.2, 0.25) is 0 Å². The average molecular weight is 280 g/mol. The van der Waals surface area contributed by atoms with Crippen molar-refractivity contribution in [3.05, 3.63) is 33.2 Å². The molecule has 5 heteroatoms. The molecule has 112 valence electrons. The van der Waals surface area contributed by atoms with Crippen molar-refractivity contribution in [1.82, 2.24) is 9.47 Å². The molecule has 1 aromatic rings. The Bertz CT molecular complexity index is 547. The van der Waals surface area contributed by atoms with Crippen LogP contribution in [0.4, 0.5) is 0 Å². The van der Waals surface area contributed by atoms with Crippen LogP contribution >= 0.6 is 0 Å². The van der Waals surface area contributed by atoms with Gasteiger partial charge in [-0.05, 0) is 47.4 Å².